The van der Waals surface area contributed by atoms with E-state index in [9.17, 15) is 4.79 Å². The fourth-order valence-electron chi connectivity index (χ4n) is 1.35. The highest BCUT2D eigenvalue weighted by molar-refractivity contribution is 9.10. The minimum atomic E-state index is -0.485. The van der Waals surface area contributed by atoms with Gasteiger partial charge in [-0.2, -0.15) is 4.98 Å². The van der Waals surface area contributed by atoms with Crippen molar-refractivity contribution in [2.75, 3.05) is 12.4 Å². The second-order valence-corrected chi connectivity index (χ2v) is 4.39. The number of rotatable bonds is 3. The third-order valence-electron chi connectivity index (χ3n) is 2.20. The van der Waals surface area contributed by atoms with Crippen LogP contribution in [0.2, 0.25) is 0 Å². The van der Waals surface area contributed by atoms with Gasteiger partial charge in [0, 0.05) is 10.7 Å². The normalized spacial score (nSPS) is 12.4. The SMILES string of the molecule is COC(=O)C(C)Nc1nc2ccc(Br)cn2n1. The number of hydrogen-bond acceptors (Lipinski definition) is 5. The van der Waals surface area contributed by atoms with Crippen LogP contribution < -0.4 is 5.32 Å². The van der Waals surface area contributed by atoms with Crippen molar-refractivity contribution < 1.29 is 9.53 Å². The van der Waals surface area contributed by atoms with Crippen molar-refractivity contribution in [1.82, 2.24) is 14.6 Å². The van der Waals surface area contributed by atoms with Crippen molar-refractivity contribution in [3.63, 3.8) is 0 Å². The molecule has 0 amide bonds. The Morgan fingerprint density at radius 1 is 1.59 bits per heavy atom. The molecule has 17 heavy (non-hydrogen) atoms. The molecule has 0 spiro atoms. The van der Waals surface area contributed by atoms with Crippen molar-refractivity contribution >= 4 is 33.5 Å². The van der Waals surface area contributed by atoms with Crippen LogP contribution in [-0.4, -0.2) is 33.7 Å². The van der Waals surface area contributed by atoms with Crippen LogP contribution in [0.15, 0.2) is 22.8 Å². The third kappa shape index (κ3) is 2.55. The van der Waals surface area contributed by atoms with Crippen LogP contribution in [0, 0.1) is 0 Å². The van der Waals surface area contributed by atoms with Gasteiger partial charge in [-0.05, 0) is 35.0 Å². The van der Waals surface area contributed by atoms with Gasteiger partial charge in [0.1, 0.15) is 6.04 Å². The first-order valence-corrected chi connectivity index (χ1v) is 5.76. The molecule has 0 saturated carbocycles. The highest BCUT2D eigenvalue weighted by Gasteiger charge is 2.14. The summed E-state index contributed by atoms with van der Waals surface area (Å²) in [6, 6.07) is 3.21. The van der Waals surface area contributed by atoms with E-state index in [4.69, 9.17) is 0 Å². The summed E-state index contributed by atoms with van der Waals surface area (Å²) >= 11 is 3.34. The van der Waals surface area contributed by atoms with Crippen LogP contribution in [0.5, 0.6) is 0 Å². The second kappa shape index (κ2) is 4.70. The number of methoxy groups -OCH3 is 1. The van der Waals surface area contributed by atoms with E-state index in [1.807, 2.05) is 12.1 Å². The smallest absolute Gasteiger partial charge is 0.328 e. The van der Waals surface area contributed by atoms with Gasteiger partial charge in [-0.3, -0.25) is 0 Å². The fraction of sp³-hybridized carbons (Fsp3) is 0.300. The molecular formula is C10H11BrN4O2. The molecule has 0 aliphatic carbocycles. The number of carbonyl (C=O) groups excluding carboxylic acids is 1. The molecule has 90 valence electrons. The molecule has 2 rings (SSSR count). The van der Waals surface area contributed by atoms with E-state index >= 15 is 0 Å². The molecular weight excluding hydrogens is 288 g/mol. The van der Waals surface area contributed by atoms with E-state index in [-0.39, 0.29) is 5.97 Å². The Morgan fingerprint density at radius 2 is 2.35 bits per heavy atom. The number of esters is 1. The van der Waals surface area contributed by atoms with Gasteiger partial charge in [0.15, 0.2) is 5.65 Å². The lowest BCUT2D eigenvalue weighted by molar-refractivity contribution is -0.141. The number of halogens is 1. The lowest BCUT2D eigenvalue weighted by Crippen LogP contribution is -2.27. The molecule has 0 aliphatic rings. The monoisotopic (exact) mass is 298 g/mol. The molecule has 0 radical (unpaired) electrons. The zero-order valence-corrected chi connectivity index (χ0v) is 10.9. The molecule has 0 saturated heterocycles. The summed E-state index contributed by atoms with van der Waals surface area (Å²) in [6.07, 6.45) is 1.79. The highest BCUT2D eigenvalue weighted by atomic mass is 79.9. The largest absolute Gasteiger partial charge is 0.467 e. The van der Waals surface area contributed by atoms with Crippen LogP contribution >= 0.6 is 15.9 Å². The van der Waals surface area contributed by atoms with Crippen LogP contribution in [0.3, 0.4) is 0 Å². The van der Waals surface area contributed by atoms with Crippen molar-refractivity contribution in [3.05, 3.63) is 22.8 Å². The molecule has 2 aromatic rings. The van der Waals surface area contributed by atoms with E-state index in [1.54, 1.807) is 17.6 Å². The molecule has 6 nitrogen and oxygen atoms in total. The molecule has 0 aromatic carbocycles. The Balaban J connectivity index is 2.22. The van der Waals surface area contributed by atoms with E-state index < -0.39 is 6.04 Å². The van der Waals surface area contributed by atoms with Crippen LogP contribution in [-0.2, 0) is 9.53 Å². The average Bonchev–Trinajstić information content (AvgIpc) is 2.69. The summed E-state index contributed by atoms with van der Waals surface area (Å²) in [5.41, 5.74) is 0.702. The fourth-order valence-corrected chi connectivity index (χ4v) is 1.67. The number of hydrogen-bond donors (Lipinski definition) is 1. The summed E-state index contributed by atoms with van der Waals surface area (Å²) in [5, 5.41) is 7.06. The number of nitrogens with one attached hydrogen (secondary N) is 1. The van der Waals surface area contributed by atoms with Crippen molar-refractivity contribution in [2.45, 2.75) is 13.0 Å². The van der Waals surface area contributed by atoms with Gasteiger partial charge in [0.25, 0.3) is 0 Å². The van der Waals surface area contributed by atoms with Gasteiger partial charge in [-0.25, -0.2) is 9.31 Å². The Hall–Kier alpha value is -1.63. The van der Waals surface area contributed by atoms with Crippen molar-refractivity contribution in [1.29, 1.82) is 0 Å². The summed E-state index contributed by atoms with van der Waals surface area (Å²) in [4.78, 5) is 15.5. The van der Waals surface area contributed by atoms with E-state index in [0.29, 0.717) is 11.6 Å². The van der Waals surface area contributed by atoms with Crippen LogP contribution in [0.1, 0.15) is 6.92 Å². The Bertz CT molecular complexity index is 554. The molecule has 1 atom stereocenters. The number of aromatic nitrogens is 3. The Labute approximate surface area is 106 Å². The first-order valence-electron chi connectivity index (χ1n) is 4.96. The second-order valence-electron chi connectivity index (χ2n) is 3.47. The first-order chi connectivity index (χ1) is 8.10. The van der Waals surface area contributed by atoms with E-state index in [0.717, 1.165) is 4.47 Å². The molecule has 2 aromatic heterocycles. The predicted molar refractivity (Wildman–Crippen MR) is 65.8 cm³/mol. The van der Waals surface area contributed by atoms with E-state index in [2.05, 4.69) is 36.1 Å². The molecule has 2 heterocycles. The maximum atomic E-state index is 11.2. The third-order valence-corrected chi connectivity index (χ3v) is 2.66. The number of anilines is 1. The summed E-state index contributed by atoms with van der Waals surface area (Å²) in [5.74, 6) is 0.0334. The van der Waals surface area contributed by atoms with Gasteiger partial charge in [-0.1, -0.05) is 0 Å². The zero-order chi connectivity index (χ0) is 12.4. The van der Waals surface area contributed by atoms with Crippen molar-refractivity contribution in [3.8, 4) is 0 Å². The predicted octanol–water partition coefficient (Wildman–Crippen LogP) is 1.47. The Kier molecular flexibility index (Phi) is 3.28. The maximum Gasteiger partial charge on any atom is 0.328 e. The highest BCUT2D eigenvalue weighted by Crippen LogP contribution is 2.12. The summed E-state index contributed by atoms with van der Waals surface area (Å²) in [6.45, 7) is 1.69. The zero-order valence-electron chi connectivity index (χ0n) is 9.35. The molecule has 1 N–H and O–H groups in total. The molecule has 0 bridgehead atoms. The Morgan fingerprint density at radius 3 is 3.06 bits per heavy atom. The molecule has 0 aliphatic heterocycles. The van der Waals surface area contributed by atoms with E-state index in [1.165, 1.54) is 7.11 Å². The number of pyridine rings is 1. The summed E-state index contributed by atoms with van der Waals surface area (Å²) in [7, 11) is 1.34. The van der Waals surface area contributed by atoms with Gasteiger partial charge < -0.3 is 10.1 Å². The molecule has 1 unspecified atom stereocenters. The lowest BCUT2D eigenvalue weighted by Gasteiger charge is -2.08. The van der Waals surface area contributed by atoms with Crippen LogP contribution in [0.25, 0.3) is 5.65 Å². The standard InChI is InChI=1S/C10H11BrN4O2/c1-6(9(16)17-2)12-10-13-8-4-3-7(11)5-15(8)14-10/h3-6H,1-2H3,(H,12,14). The van der Waals surface area contributed by atoms with Crippen LogP contribution in [0.4, 0.5) is 5.95 Å². The van der Waals surface area contributed by atoms with Gasteiger partial charge in [0.2, 0.25) is 5.95 Å². The average molecular weight is 299 g/mol. The van der Waals surface area contributed by atoms with Gasteiger partial charge >= 0.3 is 5.97 Å². The van der Waals surface area contributed by atoms with Crippen molar-refractivity contribution in [2.24, 2.45) is 0 Å². The minimum Gasteiger partial charge on any atom is -0.467 e. The molecule has 0 fully saturated rings. The van der Waals surface area contributed by atoms with Gasteiger partial charge in [0.05, 0.1) is 7.11 Å². The number of nitrogens with zero attached hydrogens (tertiary/aromatic N) is 3. The van der Waals surface area contributed by atoms with Gasteiger partial charge in [-0.15, -0.1) is 5.10 Å². The number of fused-ring (bicyclic) bond motifs is 1. The molecule has 7 heteroatoms. The number of carbonyl (C=O) groups is 1. The topological polar surface area (TPSA) is 68.5 Å². The minimum absolute atomic E-state index is 0.356. The maximum absolute atomic E-state index is 11.2. The quantitative estimate of drug-likeness (QED) is 0.869. The number of ether oxygens (including phenoxy) is 1. The summed E-state index contributed by atoms with van der Waals surface area (Å²) < 4.78 is 7.13. The lowest BCUT2D eigenvalue weighted by atomic mass is 10.3. The first kappa shape index (κ1) is 11.8.